The number of carbonyl (C=O) groups excluding carboxylic acids is 1. The van der Waals surface area contributed by atoms with Gasteiger partial charge in [0, 0.05) is 21.4 Å². The molecule has 0 aliphatic heterocycles. The van der Waals surface area contributed by atoms with Gasteiger partial charge < -0.3 is 10.6 Å². The summed E-state index contributed by atoms with van der Waals surface area (Å²) in [7, 11) is 0. The van der Waals surface area contributed by atoms with E-state index in [1.165, 1.54) is 12.4 Å². The summed E-state index contributed by atoms with van der Waals surface area (Å²) in [5, 5.41) is 7.07. The minimum atomic E-state index is -0.351. The van der Waals surface area contributed by atoms with Gasteiger partial charge in [0.1, 0.15) is 11.5 Å². The molecule has 25 heavy (non-hydrogen) atoms. The first-order chi connectivity index (χ1) is 12.0. The van der Waals surface area contributed by atoms with E-state index >= 15 is 0 Å². The Morgan fingerprint density at radius 3 is 2.36 bits per heavy atom. The van der Waals surface area contributed by atoms with Crippen LogP contribution in [0.15, 0.2) is 54.9 Å². The average molecular weight is 373 g/mol. The maximum atomic E-state index is 12.3. The van der Waals surface area contributed by atoms with E-state index in [0.717, 1.165) is 11.3 Å². The van der Waals surface area contributed by atoms with Crippen molar-refractivity contribution in [2.24, 2.45) is 0 Å². The molecule has 1 aromatic heterocycles. The number of anilines is 3. The molecule has 0 aliphatic carbocycles. The normalized spacial score (nSPS) is 10.4. The number of rotatable bonds is 4. The number of halogens is 2. The third kappa shape index (κ3) is 4.47. The minimum Gasteiger partial charge on any atom is -0.339 e. The van der Waals surface area contributed by atoms with Gasteiger partial charge in [0.2, 0.25) is 0 Å². The van der Waals surface area contributed by atoms with Crippen LogP contribution in [0.2, 0.25) is 10.0 Å². The lowest BCUT2D eigenvalue weighted by atomic mass is 10.2. The second-order valence-electron chi connectivity index (χ2n) is 5.33. The van der Waals surface area contributed by atoms with Gasteiger partial charge in [0.15, 0.2) is 0 Å². The summed E-state index contributed by atoms with van der Waals surface area (Å²) in [4.78, 5) is 20.6. The van der Waals surface area contributed by atoms with Gasteiger partial charge in [-0.05, 0) is 48.9 Å². The van der Waals surface area contributed by atoms with Crippen LogP contribution in [-0.4, -0.2) is 15.9 Å². The van der Waals surface area contributed by atoms with Crippen molar-refractivity contribution in [3.05, 3.63) is 76.2 Å². The molecule has 0 radical (unpaired) electrons. The highest BCUT2D eigenvalue weighted by molar-refractivity contribution is 6.31. The van der Waals surface area contributed by atoms with E-state index in [-0.39, 0.29) is 11.6 Å². The number of hydrogen-bond acceptors (Lipinski definition) is 4. The first-order valence-electron chi connectivity index (χ1n) is 7.43. The van der Waals surface area contributed by atoms with Crippen molar-refractivity contribution in [2.45, 2.75) is 6.92 Å². The van der Waals surface area contributed by atoms with Crippen LogP contribution in [0, 0.1) is 6.92 Å². The van der Waals surface area contributed by atoms with E-state index in [1.54, 1.807) is 24.3 Å². The third-order valence-corrected chi connectivity index (χ3v) is 3.94. The molecule has 0 fully saturated rings. The van der Waals surface area contributed by atoms with Crippen molar-refractivity contribution < 1.29 is 4.79 Å². The summed E-state index contributed by atoms with van der Waals surface area (Å²) in [6.07, 6.45) is 2.90. The van der Waals surface area contributed by atoms with E-state index in [4.69, 9.17) is 23.2 Å². The Hall–Kier alpha value is -2.63. The fourth-order valence-electron chi connectivity index (χ4n) is 2.11. The van der Waals surface area contributed by atoms with Gasteiger partial charge in [-0.2, -0.15) is 0 Å². The molecule has 0 spiro atoms. The molecule has 0 aliphatic rings. The zero-order valence-corrected chi connectivity index (χ0v) is 14.8. The molecule has 0 atom stereocenters. The first-order valence-corrected chi connectivity index (χ1v) is 8.19. The van der Waals surface area contributed by atoms with Crippen LogP contribution >= 0.6 is 23.2 Å². The number of benzene rings is 2. The fourth-order valence-corrected chi connectivity index (χ4v) is 2.40. The fraction of sp³-hybridized carbons (Fsp3) is 0.0556. The predicted molar refractivity (Wildman–Crippen MR) is 101 cm³/mol. The minimum absolute atomic E-state index is 0.209. The summed E-state index contributed by atoms with van der Waals surface area (Å²) >= 11 is 11.8. The Kier molecular flexibility index (Phi) is 5.16. The number of nitrogens with one attached hydrogen (secondary N) is 2. The smallest absolute Gasteiger partial charge is 0.275 e. The Morgan fingerprint density at radius 2 is 1.68 bits per heavy atom. The quantitative estimate of drug-likeness (QED) is 0.669. The SMILES string of the molecule is Cc1ccc(Cl)cc1NC(=O)c1cnc(Nc2ccc(Cl)cc2)cn1. The van der Waals surface area contributed by atoms with Gasteiger partial charge >= 0.3 is 0 Å². The standard InChI is InChI=1S/C18H14Cl2N4O/c1-11-2-3-13(20)8-15(11)24-18(25)16-9-22-17(10-21-16)23-14-6-4-12(19)5-7-14/h2-10H,1H3,(H,22,23)(H,24,25). The van der Waals surface area contributed by atoms with E-state index in [2.05, 4.69) is 20.6 Å². The maximum absolute atomic E-state index is 12.3. The summed E-state index contributed by atoms with van der Waals surface area (Å²) in [6, 6.07) is 12.5. The largest absolute Gasteiger partial charge is 0.339 e. The van der Waals surface area contributed by atoms with Gasteiger partial charge in [-0.3, -0.25) is 4.79 Å². The van der Waals surface area contributed by atoms with Crippen LogP contribution < -0.4 is 10.6 Å². The lowest BCUT2D eigenvalue weighted by Crippen LogP contribution is -2.15. The van der Waals surface area contributed by atoms with Gasteiger partial charge in [-0.1, -0.05) is 29.3 Å². The summed E-state index contributed by atoms with van der Waals surface area (Å²) in [5.41, 5.74) is 2.58. The van der Waals surface area contributed by atoms with Crippen LogP contribution in [0.5, 0.6) is 0 Å². The van der Waals surface area contributed by atoms with Crippen molar-refractivity contribution in [3.63, 3.8) is 0 Å². The molecule has 5 nitrogen and oxygen atoms in total. The van der Waals surface area contributed by atoms with Crippen LogP contribution in [0.1, 0.15) is 16.1 Å². The van der Waals surface area contributed by atoms with Crippen molar-refractivity contribution in [1.29, 1.82) is 0 Å². The highest BCUT2D eigenvalue weighted by atomic mass is 35.5. The van der Waals surface area contributed by atoms with Gasteiger partial charge in [-0.25, -0.2) is 9.97 Å². The molecule has 1 heterocycles. The van der Waals surface area contributed by atoms with Gasteiger partial charge in [0.25, 0.3) is 5.91 Å². The van der Waals surface area contributed by atoms with Gasteiger partial charge in [0.05, 0.1) is 12.4 Å². The molecular weight excluding hydrogens is 359 g/mol. The average Bonchev–Trinajstić information content (AvgIpc) is 2.61. The topological polar surface area (TPSA) is 66.9 Å². The van der Waals surface area contributed by atoms with E-state index in [9.17, 15) is 4.79 Å². The van der Waals surface area contributed by atoms with Gasteiger partial charge in [-0.15, -0.1) is 0 Å². The van der Waals surface area contributed by atoms with Crippen molar-refractivity contribution in [2.75, 3.05) is 10.6 Å². The third-order valence-electron chi connectivity index (χ3n) is 3.45. The molecule has 1 amide bonds. The zero-order chi connectivity index (χ0) is 17.8. The highest BCUT2D eigenvalue weighted by Gasteiger charge is 2.10. The summed E-state index contributed by atoms with van der Waals surface area (Å²) in [6.45, 7) is 1.89. The Morgan fingerprint density at radius 1 is 0.960 bits per heavy atom. The second-order valence-corrected chi connectivity index (χ2v) is 6.21. The van der Waals surface area contributed by atoms with E-state index in [0.29, 0.717) is 21.6 Å². The molecule has 2 N–H and O–H groups in total. The lowest BCUT2D eigenvalue weighted by molar-refractivity contribution is 0.102. The molecule has 0 saturated carbocycles. The molecule has 0 unspecified atom stereocenters. The van der Waals surface area contributed by atoms with Crippen LogP contribution in [0.3, 0.4) is 0 Å². The number of nitrogens with zero attached hydrogens (tertiary/aromatic N) is 2. The Labute approximate surface area is 155 Å². The number of hydrogen-bond donors (Lipinski definition) is 2. The monoisotopic (exact) mass is 372 g/mol. The summed E-state index contributed by atoms with van der Waals surface area (Å²) in [5.74, 6) is 0.175. The lowest BCUT2D eigenvalue weighted by Gasteiger charge is -2.09. The second kappa shape index (κ2) is 7.51. The van der Waals surface area contributed by atoms with Crippen molar-refractivity contribution in [1.82, 2.24) is 9.97 Å². The molecule has 3 aromatic rings. The van der Waals surface area contributed by atoms with Crippen molar-refractivity contribution in [3.8, 4) is 0 Å². The number of amides is 1. The number of carbonyl (C=O) groups is 1. The Bertz CT molecular complexity index is 896. The molecule has 0 bridgehead atoms. The van der Waals surface area contributed by atoms with Crippen LogP contribution in [0.4, 0.5) is 17.2 Å². The summed E-state index contributed by atoms with van der Waals surface area (Å²) < 4.78 is 0. The molecule has 2 aromatic carbocycles. The molecule has 3 rings (SSSR count). The number of aryl methyl sites for hydroxylation is 1. The first kappa shape index (κ1) is 17.2. The predicted octanol–water partition coefficient (Wildman–Crippen LogP) is 5.09. The number of aromatic nitrogens is 2. The Balaban J connectivity index is 1.70. The van der Waals surface area contributed by atoms with E-state index < -0.39 is 0 Å². The molecule has 7 heteroatoms. The van der Waals surface area contributed by atoms with Crippen LogP contribution in [-0.2, 0) is 0 Å². The van der Waals surface area contributed by atoms with Crippen molar-refractivity contribution >= 4 is 46.3 Å². The maximum Gasteiger partial charge on any atom is 0.275 e. The van der Waals surface area contributed by atoms with E-state index in [1.807, 2.05) is 25.1 Å². The van der Waals surface area contributed by atoms with Crippen LogP contribution in [0.25, 0.3) is 0 Å². The molecule has 0 saturated heterocycles. The zero-order valence-electron chi connectivity index (χ0n) is 13.3. The highest BCUT2D eigenvalue weighted by Crippen LogP contribution is 2.21. The molecular formula is C18H14Cl2N4O. The molecule has 126 valence electrons.